The number of carbonyl (C=O) groups is 2. The van der Waals surface area contributed by atoms with Crippen LogP contribution in [0.4, 0.5) is 0 Å². The minimum Gasteiger partial charge on any atom is -0.483 e. The van der Waals surface area contributed by atoms with Crippen LogP contribution in [0.25, 0.3) is 0 Å². The Bertz CT molecular complexity index is 923. The van der Waals surface area contributed by atoms with Crippen molar-refractivity contribution in [3.63, 3.8) is 0 Å². The van der Waals surface area contributed by atoms with E-state index in [2.05, 4.69) is 19.2 Å². The van der Waals surface area contributed by atoms with Crippen molar-refractivity contribution in [3.8, 4) is 5.75 Å². The third kappa shape index (κ3) is 6.97. The monoisotopic (exact) mass is 470 g/mol. The van der Waals surface area contributed by atoms with Crippen LogP contribution in [0.1, 0.15) is 69.9 Å². The predicted octanol–water partition coefficient (Wildman–Crippen LogP) is 5.71. The highest BCUT2D eigenvalue weighted by atomic mass is 35.5. The van der Waals surface area contributed by atoms with Crippen LogP contribution < -0.4 is 10.1 Å². The molecule has 0 aliphatic heterocycles. The zero-order valence-electron chi connectivity index (χ0n) is 19.9. The molecule has 1 atom stereocenters. The third-order valence-corrected chi connectivity index (χ3v) is 6.50. The van der Waals surface area contributed by atoms with Crippen LogP contribution in [0.3, 0.4) is 0 Å². The molecular formula is C27H35ClN2O3. The van der Waals surface area contributed by atoms with E-state index in [-0.39, 0.29) is 30.4 Å². The number of carbonyl (C=O) groups excluding carboxylic acids is 2. The zero-order chi connectivity index (χ0) is 23.8. The van der Waals surface area contributed by atoms with Crippen molar-refractivity contribution >= 4 is 23.4 Å². The second-order valence-electron chi connectivity index (χ2n) is 9.04. The molecule has 0 radical (unpaired) electrons. The average Bonchev–Trinajstić information content (AvgIpc) is 3.31. The molecule has 2 aromatic rings. The van der Waals surface area contributed by atoms with Crippen LogP contribution in [0, 0.1) is 0 Å². The van der Waals surface area contributed by atoms with E-state index < -0.39 is 6.04 Å². The number of hydrogen-bond acceptors (Lipinski definition) is 3. The lowest BCUT2D eigenvalue weighted by atomic mass is 10.0. The molecule has 2 aromatic carbocycles. The van der Waals surface area contributed by atoms with Crippen molar-refractivity contribution in [2.75, 3.05) is 6.61 Å². The van der Waals surface area contributed by atoms with E-state index in [1.54, 1.807) is 17.0 Å². The number of benzene rings is 2. The van der Waals surface area contributed by atoms with Gasteiger partial charge < -0.3 is 15.0 Å². The summed E-state index contributed by atoms with van der Waals surface area (Å²) in [6.45, 7) is 6.33. The second-order valence-corrected chi connectivity index (χ2v) is 9.48. The van der Waals surface area contributed by atoms with Crippen LogP contribution in [0.5, 0.6) is 5.75 Å². The van der Waals surface area contributed by atoms with Gasteiger partial charge in [0, 0.05) is 17.6 Å². The molecule has 1 aliphatic carbocycles. The molecule has 0 saturated heterocycles. The van der Waals surface area contributed by atoms with Crippen molar-refractivity contribution in [2.45, 2.75) is 77.4 Å². The summed E-state index contributed by atoms with van der Waals surface area (Å²) in [6, 6.07) is 14.8. The van der Waals surface area contributed by atoms with Gasteiger partial charge in [0.15, 0.2) is 6.61 Å². The number of para-hydroxylation sites is 1. The summed E-state index contributed by atoms with van der Waals surface area (Å²) in [5.41, 5.74) is 1.98. The van der Waals surface area contributed by atoms with Gasteiger partial charge in [0.25, 0.3) is 5.91 Å². The standard InChI is InChI=1S/C27H35ClN2O3/c1-4-24(27(32)29-22-9-5-6-10-22)30(17-20-13-15-21(28)16-14-20)26(31)18-33-25-12-8-7-11-23(25)19(2)3/h7-8,11-16,19,22,24H,4-6,9-10,17-18H2,1-3H3,(H,29,32)/t24-/m0/s1. The highest BCUT2D eigenvalue weighted by molar-refractivity contribution is 6.30. The van der Waals surface area contributed by atoms with Gasteiger partial charge in [-0.05, 0) is 54.5 Å². The summed E-state index contributed by atoms with van der Waals surface area (Å²) in [4.78, 5) is 28.2. The van der Waals surface area contributed by atoms with Gasteiger partial charge in [0.05, 0.1) is 0 Å². The maximum Gasteiger partial charge on any atom is 0.261 e. The fraction of sp³-hybridized carbons (Fsp3) is 0.481. The molecule has 5 nitrogen and oxygen atoms in total. The van der Waals surface area contributed by atoms with Gasteiger partial charge in [-0.3, -0.25) is 9.59 Å². The molecule has 1 saturated carbocycles. The molecule has 1 aliphatic rings. The predicted molar refractivity (Wildman–Crippen MR) is 133 cm³/mol. The Kier molecular flexibility index (Phi) is 9.19. The Labute approximate surface area is 202 Å². The van der Waals surface area contributed by atoms with Crippen molar-refractivity contribution in [2.24, 2.45) is 0 Å². The van der Waals surface area contributed by atoms with Crippen molar-refractivity contribution in [3.05, 3.63) is 64.7 Å². The number of ether oxygens (including phenoxy) is 1. The van der Waals surface area contributed by atoms with Crippen LogP contribution in [-0.2, 0) is 16.1 Å². The Hall–Kier alpha value is -2.53. The summed E-state index contributed by atoms with van der Waals surface area (Å²) in [6.07, 6.45) is 4.81. The van der Waals surface area contributed by atoms with Crippen molar-refractivity contribution in [1.29, 1.82) is 0 Å². The highest BCUT2D eigenvalue weighted by Gasteiger charge is 2.31. The zero-order valence-corrected chi connectivity index (χ0v) is 20.6. The molecule has 0 bridgehead atoms. The minimum absolute atomic E-state index is 0.0886. The summed E-state index contributed by atoms with van der Waals surface area (Å²) in [5, 5.41) is 3.80. The maximum absolute atomic E-state index is 13.4. The van der Waals surface area contributed by atoms with Gasteiger partial charge in [-0.25, -0.2) is 0 Å². The number of amides is 2. The molecule has 33 heavy (non-hydrogen) atoms. The van der Waals surface area contributed by atoms with E-state index >= 15 is 0 Å². The van der Waals surface area contributed by atoms with Crippen LogP contribution in [0.2, 0.25) is 5.02 Å². The summed E-state index contributed by atoms with van der Waals surface area (Å²) in [7, 11) is 0. The van der Waals surface area contributed by atoms with E-state index in [4.69, 9.17) is 16.3 Å². The van der Waals surface area contributed by atoms with Gasteiger partial charge in [-0.15, -0.1) is 0 Å². The lowest BCUT2D eigenvalue weighted by molar-refractivity contribution is -0.143. The maximum atomic E-state index is 13.4. The average molecular weight is 471 g/mol. The molecule has 1 fully saturated rings. The molecule has 1 N–H and O–H groups in total. The van der Waals surface area contributed by atoms with Crippen molar-refractivity contribution < 1.29 is 14.3 Å². The normalized spacial score (nSPS) is 14.8. The smallest absolute Gasteiger partial charge is 0.261 e. The van der Waals surface area contributed by atoms with Crippen LogP contribution in [0.15, 0.2) is 48.5 Å². The summed E-state index contributed by atoms with van der Waals surface area (Å²) >= 11 is 6.04. The van der Waals surface area contributed by atoms with E-state index in [0.717, 1.165) is 36.8 Å². The Morgan fingerprint density at radius 2 is 1.76 bits per heavy atom. The van der Waals surface area contributed by atoms with Gasteiger partial charge in [-0.1, -0.05) is 75.5 Å². The molecule has 0 unspecified atom stereocenters. The minimum atomic E-state index is -0.558. The fourth-order valence-electron chi connectivity index (χ4n) is 4.38. The van der Waals surface area contributed by atoms with Gasteiger partial charge in [0.1, 0.15) is 11.8 Å². The first-order valence-electron chi connectivity index (χ1n) is 11.9. The Morgan fingerprint density at radius 3 is 2.39 bits per heavy atom. The lowest BCUT2D eigenvalue weighted by Crippen LogP contribution is -2.52. The molecule has 178 valence electrons. The number of rotatable bonds is 10. The molecule has 2 amide bonds. The lowest BCUT2D eigenvalue weighted by Gasteiger charge is -2.31. The fourth-order valence-corrected chi connectivity index (χ4v) is 4.51. The molecule has 6 heteroatoms. The number of halogens is 1. The Balaban J connectivity index is 1.78. The van der Waals surface area contributed by atoms with Crippen LogP contribution >= 0.6 is 11.6 Å². The first kappa shape index (κ1) is 25.1. The molecular weight excluding hydrogens is 436 g/mol. The van der Waals surface area contributed by atoms with E-state index in [9.17, 15) is 9.59 Å². The first-order chi connectivity index (χ1) is 15.9. The SMILES string of the molecule is CC[C@@H](C(=O)NC1CCCC1)N(Cc1ccc(Cl)cc1)C(=O)COc1ccccc1C(C)C. The number of hydrogen-bond donors (Lipinski definition) is 1. The Morgan fingerprint density at radius 1 is 1.09 bits per heavy atom. The van der Waals surface area contributed by atoms with E-state index in [0.29, 0.717) is 23.7 Å². The van der Waals surface area contributed by atoms with Gasteiger partial charge >= 0.3 is 0 Å². The summed E-state index contributed by atoms with van der Waals surface area (Å²) in [5.74, 6) is 0.684. The number of nitrogens with one attached hydrogen (secondary N) is 1. The third-order valence-electron chi connectivity index (χ3n) is 6.25. The molecule has 0 aromatic heterocycles. The largest absolute Gasteiger partial charge is 0.483 e. The quantitative estimate of drug-likeness (QED) is 0.484. The van der Waals surface area contributed by atoms with E-state index in [1.165, 1.54) is 0 Å². The molecule has 3 rings (SSSR count). The van der Waals surface area contributed by atoms with E-state index in [1.807, 2.05) is 43.3 Å². The first-order valence-corrected chi connectivity index (χ1v) is 12.3. The molecule has 0 heterocycles. The van der Waals surface area contributed by atoms with Gasteiger partial charge in [0.2, 0.25) is 5.91 Å². The van der Waals surface area contributed by atoms with Gasteiger partial charge in [-0.2, -0.15) is 0 Å². The van der Waals surface area contributed by atoms with Crippen molar-refractivity contribution in [1.82, 2.24) is 10.2 Å². The topological polar surface area (TPSA) is 58.6 Å². The highest BCUT2D eigenvalue weighted by Crippen LogP contribution is 2.26. The second kappa shape index (κ2) is 12.1. The van der Waals surface area contributed by atoms with Crippen LogP contribution in [-0.4, -0.2) is 35.4 Å². The summed E-state index contributed by atoms with van der Waals surface area (Å²) < 4.78 is 5.96. The number of nitrogens with zero attached hydrogens (tertiary/aromatic N) is 1. The molecule has 0 spiro atoms.